The van der Waals surface area contributed by atoms with E-state index in [0.29, 0.717) is 0 Å². The number of carbonyl (C=O) groups is 1. The molecule has 0 saturated heterocycles. The molecule has 2 nitrogen and oxygen atoms in total. The van der Waals surface area contributed by atoms with Gasteiger partial charge in [0.25, 0.3) is 0 Å². The maximum absolute atomic E-state index is 12.6. The summed E-state index contributed by atoms with van der Waals surface area (Å²) in [6.45, 7) is 0.110. The second-order valence-electron chi connectivity index (χ2n) is 4.52. The largest absolute Gasteiger partial charge is 0.461 e. The summed E-state index contributed by atoms with van der Waals surface area (Å²) >= 11 is 0. The predicted octanol–water partition coefficient (Wildman–Crippen LogP) is 3.99. The van der Waals surface area contributed by atoms with Gasteiger partial charge in [-0.05, 0) is 17.2 Å². The summed E-state index contributed by atoms with van der Waals surface area (Å²) in [5, 5.41) is 0. The van der Waals surface area contributed by atoms with Crippen LogP contribution in [0.1, 0.15) is 16.7 Å². The number of ether oxygens (including phenoxy) is 1. The van der Waals surface area contributed by atoms with Crippen LogP contribution in [0.3, 0.4) is 0 Å². The SMILES string of the molecule is O=C(Cc1cccc(C(F)(F)F)c1)OCc1ccccc1. The third kappa shape index (κ3) is 4.63. The molecule has 0 atom stereocenters. The number of carbonyl (C=O) groups excluding carboxylic acids is 1. The second kappa shape index (κ2) is 6.43. The Morgan fingerprint density at radius 1 is 0.952 bits per heavy atom. The molecule has 0 spiro atoms. The quantitative estimate of drug-likeness (QED) is 0.797. The Labute approximate surface area is 120 Å². The third-order valence-electron chi connectivity index (χ3n) is 2.85. The van der Waals surface area contributed by atoms with Crippen LogP contribution in [0, 0.1) is 0 Å². The van der Waals surface area contributed by atoms with Gasteiger partial charge in [-0.15, -0.1) is 0 Å². The molecular formula is C16H13F3O2. The van der Waals surface area contributed by atoms with E-state index >= 15 is 0 Å². The highest BCUT2D eigenvalue weighted by Crippen LogP contribution is 2.29. The first-order chi connectivity index (χ1) is 9.95. The first-order valence-electron chi connectivity index (χ1n) is 6.31. The van der Waals surface area contributed by atoms with Gasteiger partial charge < -0.3 is 4.74 Å². The molecule has 21 heavy (non-hydrogen) atoms. The molecule has 0 aliphatic heterocycles. The van der Waals surface area contributed by atoms with E-state index in [1.165, 1.54) is 12.1 Å². The topological polar surface area (TPSA) is 26.3 Å². The number of benzene rings is 2. The van der Waals surface area contributed by atoms with Crippen LogP contribution in [0.15, 0.2) is 54.6 Å². The second-order valence-corrected chi connectivity index (χ2v) is 4.52. The lowest BCUT2D eigenvalue weighted by molar-refractivity contribution is -0.144. The van der Waals surface area contributed by atoms with Gasteiger partial charge in [0.1, 0.15) is 6.61 Å². The highest BCUT2D eigenvalue weighted by molar-refractivity contribution is 5.72. The summed E-state index contributed by atoms with van der Waals surface area (Å²) < 4.78 is 42.7. The van der Waals surface area contributed by atoms with Crippen molar-refractivity contribution in [3.63, 3.8) is 0 Å². The lowest BCUT2D eigenvalue weighted by atomic mass is 10.1. The van der Waals surface area contributed by atoms with Gasteiger partial charge in [-0.3, -0.25) is 4.79 Å². The molecule has 0 radical (unpaired) electrons. The Kier molecular flexibility index (Phi) is 4.62. The Balaban J connectivity index is 1.94. The van der Waals surface area contributed by atoms with Gasteiger partial charge in [-0.1, -0.05) is 48.5 Å². The van der Waals surface area contributed by atoms with Crippen molar-refractivity contribution in [1.82, 2.24) is 0 Å². The van der Waals surface area contributed by atoms with Crippen molar-refractivity contribution < 1.29 is 22.7 Å². The van der Waals surface area contributed by atoms with Gasteiger partial charge in [0.15, 0.2) is 0 Å². The van der Waals surface area contributed by atoms with Crippen molar-refractivity contribution in [2.24, 2.45) is 0 Å². The first kappa shape index (κ1) is 15.1. The fourth-order valence-electron chi connectivity index (χ4n) is 1.81. The number of alkyl halides is 3. The van der Waals surface area contributed by atoms with E-state index in [1.54, 1.807) is 12.1 Å². The lowest BCUT2D eigenvalue weighted by Crippen LogP contribution is -2.10. The molecule has 0 aliphatic carbocycles. The summed E-state index contributed by atoms with van der Waals surface area (Å²) in [4.78, 5) is 11.6. The van der Waals surface area contributed by atoms with Crippen molar-refractivity contribution in [2.75, 3.05) is 0 Å². The Morgan fingerprint density at radius 3 is 2.29 bits per heavy atom. The van der Waals surface area contributed by atoms with E-state index in [0.717, 1.165) is 17.7 Å². The van der Waals surface area contributed by atoms with Gasteiger partial charge in [0.05, 0.1) is 12.0 Å². The van der Waals surface area contributed by atoms with Gasteiger partial charge in [-0.2, -0.15) is 13.2 Å². The van der Waals surface area contributed by atoms with E-state index in [-0.39, 0.29) is 18.6 Å². The highest BCUT2D eigenvalue weighted by atomic mass is 19.4. The highest BCUT2D eigenvalue weighted by Gasteiger charge is 2.30. The monoisotopic (exact) mass is 294 g/mol. The number of halogens is 3. The molecule has 0 saturated carbocycles. The van der Waals surface area contributed by atoms with Crippen LogP contribution in [-0.2, 0) is 28.7 Å². The molecule has 2 aromatic carbocycles. The number of hydrogen-bond acceptors (Lipinski definition) is 2. The third-order valence-corrected chi connectivity index (χ3v) is 2.85. The Bertz CT molecular complexity index is 606. The minimum Gasteiger partial charge on any atom is -0.461 e. The zero-order valence-corrected chi connectivity index (χ0v) is 11.1. The van der Waals surface area contributed by atoms with Crippen LogP contribution < -0.4 is 0 Å². The van der Waals surface area contributed by atoms with Crippen LogP contribution in [-0.4, -0.2) is 5.97 Å². The molecule has 0 fully saturated rings. The summed E-state index contributed by atoms with van der Waals surface area (Å²) in [6.07, 6.45) is -4.60. The van der Waals surface area contributed by atoms with Gasteiger partial charge >= 0.3 is 12.1 Å². The fraction of sp³-hybridized carbons (Fsp3) is 0.188. The van der Waals surface area contributed by atoms with E-state index in [9.17, 15) is 18.0 Å². The predicted molar refractivity (Wildman–Crippen MR) is 71.4 cm³/mol. The van der Waals surface area contributed by atoms with Crippen molar-refractivity contribution >= 4 is 5.97 Å². The molecule has 5 heteroatoms. The molecule has 0 aliphatic rings. The minimum absolute atomic E-state index is 0.110. The standard InChI is InChI=1S/C16H13F3O2/c17-16(18,19)14-8-4-7-13(9-14)10-15(20)21-11-12-5-2-1-3-6-12/h1-9H,10-11H2. The molecule has 0 unspecified atom stereocenters. The molecule has 2 rings (SSSR count). The molecule has 0 heterocycles. The van der Waals surface area contributed by atoms with Crippen molar-refractivity contribution in [1.29, 1.82) is 0 Å². The summed E-state index contributed by atoms with van der Waals surface area (Å²) in [7, 11) is 0. The molecule has 2 aromatic rings. The van der Waals surface area contributed by atoms with Crippen LogP contribution >= 0.6 is 0 Å². The van der Waals surface area contributed by atoms with E-state index < -0.39 is 17.7 Å². The minimum atomic E-state index is -4.41. The van der Waals surface area contributed by atoms with Gasteiger partial charge in [-0.25, -0.2) is 0 Å². The van der Waals surface area contributed by atoms with E-state index in [2.05, 4.69) is 0 Å². The van der Waals surface area contributed by atoms with Crippen molar-refractivity contribution in [3.8, 4) is 0 Å². The molecule has 110 valence electrons. The first-order valence-corrected chi connectivity index (χ1v) is 6.31. The van der Waals surface area contributed by atoms with Gasteiger partial charge in [0.2, 0.25) is 0 Å². The zero-order valence-electron chi connectivity index (χ0n) is 11.1. The maximum Gasteiger partial charge on any atom is 0.416 e. The fourth-order valence-corrected chi connectivity index (χ4v) is 1.81. The molecule has 0 aromatic heterocycles. The van der Waals surface area contributed by atoms with E-state index in [4.69, 9.17) is 4.74 Å². The van der Waals surface area contributed by atoms with Crippen molar-refractivity contribution in [2.45, 2.75) is 19.2 Å². The summed E-state index contributed by atoms with van der Waals surface area (Å²) in [5.74, 6) is -0.557. The number of hydrogen-bond donors (Lipinski definition) is 0. The average Bonchev–Trinajstić information content (AvgIpc) is 2.46. The van der Waals surface area contributed by atoms with Gasteiger partial charge in [0, 0.05) is 0 Å². The normalized spacial score (nSPS) is 11.2. The van der Waals surface area contributed by atoms with Crippen LogP contribution in [0.25, 0.3) is 0 Å². The molecule has 0 N–H and O–H groups in total. The smallest absolute Gasteiger partial charge is 0.416 e. The lowest BCUT2D eigenvalue weighted by Gasteiger charge is -2.09. The van der Waals surface area contributed by atoms with Crippen LogP contribution in [0.4, 0.5) is 13.2 Å². The number of rotatable bonds is 4. The molecular weight excluding hydrogens is 281 g/mol. The summed E-state index contributed by atoms with van der Waals surface area (Å²) in [6, 6.07) is 13.8. The number of esters is 1. The Hall–Kier alpha value is -2.30. The molecule has 0 amide bonds. The van der Waals surface area contributed by atoms with Crippen molar-refractivity contribution in [3.05, 3.63) is 71.3 Å². The average molecular weight is 294 g/mol. The van der Waals surface area contributed by atoms with Crippen LogP contribution in [0.2, 0.25) is 0 Å². The van der Waals surface area contributed by atoms with Crippen LogP contribution in [0.5, 0.6) is 0 Å². The molecule has 0 bridgehead atoms. The zero-order chi connectivity index (χ0) is 15.3. The van der Waals surface area contributed by atoms with E-state index in [1.807, 2.05) is 18.2 Å². The maximum atomic E-state index is 12.6. The summed E-state index contributed by atoms with van der Waals surface area (Å²) in [5.41, 5.74) is 0.341. The Morgan fingerprint density at radius 2 is 1.62 bits per heavy atom.